The first kappa shape index (κ1) is 17.2. The maximum absolute atomic E-state index is 11.7. The number of imide groups is 1. The SMILES string of the molecule is CC[C@@H](C)NC(=O)NC(=O)COC(=O)c1cccc(Br)c1. The van der Waals surface area contributed by atoms with E-state index in [9.17, 15) is 14.4 Å². The normalized spacial score (nSPS) is 11.4. The summed E-state index contributed by atoms with van der Waals surface area (Å²) in [5, 5.41) is 4.66. The number of hydrogen-bond acceptors (Lipinski definition) is 4. The summed E-state index contributed by atoms with van der Waals surface area (Å²) in [6.45, 7) is 3.21. The number of benzene rings is 1. The molecule has 21 heavy (non-hydrogen) atoms. The first-order valence-electron chi connectivity index (χ1n) is 6.45. The quantitative estimate of drug-likeness (QED) is 0.792. The molecule has 0 aliphatic heterocycles. The van der Waals surface area contributed by atoms with Gasteiger partial charge in [0, 0.05) is 10.5 Å². The van der Waals surface area contributed by atoms with Gasteiger partial charge in [0.15, 0.2) is 6.61 Å². The molecule has 1 aromatic carbocycles. The van der Waals surface area contributed by atoms with Crippen molar-refractivity contribution in [2.45, 2.75) is 26.3 Å². The number of carbonyl (C=O) groups excluding carboxylic acids is 3. The molecule has 7 heteroatoms. The fraction of sp³-hybridized carbons (Fsp3) is 0.357. The van der Waals surface area contributed by atoms with Crippen molar-refractivity contribution in [2.75, 3.05) is 6.61 Å². The first-order chi connectivity index (χ1) is 9.92. The number of ether oxygens (including phenoxy) is 1. The summed E-state index contributed by atoms with van der Waals surface area (Å²) in [5.41, 5.74) is 0.321. The molecule has 6 nitrogen and oxygen atoms in total. The Morgan fingerprint density at radius 2 is 2.05 bits per heavy atom. The third kappa shape index (κ3) is 6.40. The molecule has 0 radical (unpaired) electrons. The molecule has 0 saturated carbocycles. The molecule has 0 spiro atoms. The Kier molecular flexibility index (Phi) is 6.87. The smallest absolute Gasteiger partial charge is 0.338 e. The van der Waals surface area contributed by atoms with Gasteiger partial charge >= 0.3 is 12.0 Å². The van der Waals surface area contributed by atoms with Gasteiger partial charge in [-0.25, -0.2) is 9.59 Å². The van der Waals surface area contributed by atoms with Crippen LogP contribution >= 0.6 is 15.9 Å². The second kappa shape index (κ2) is 8.41. The molecule has 0 bridgehead atoms. The topological polar surface area (TPSA) is 84.5 Å². The zero-order valence-electron chi connectivity index (χ0n) is 11.8. The lowest BCUT2D eigenvalue weighted by molar-refractivity contribution is -0.123. The van der Waals surface area contributed by atoms with Crippen molar-refractivity contribution in [2.24, 2.45) is 0 Å². The van der Waals surface area contributed by atoms with Crippen molar-refractivity contribution in [3.05, 3.63) is 34.3 Å². The molecule has 1 atom stereocenters. The molecule has 0 aliphatic carbocycles. The molecule has 2 N–H and O–H groups in total. The Bertz CT molecular complexity index is 533. The van der Waals surface area contributed by atoms with Crippen LogP contribution in [0.4, 0.5) is 4.79 Å². The summed E-state index contributed by atoms with van der Waals surface area (Å²) in [6, 6.07) is 5.95. The van der Waals surface area contributed by atoms with Crippen molar-refractivity contribution < 1.29 is 19.1 Å². The fourth-order valence-corrected chi connectivity index (χ4v) is 1.75. The third-order valence-corrected chi connectivity index (χ3v) is 3.13. The Morgan fingerprint density at radius 1 is 1.33 bits per heavy atom. The van der Waals surface area contributed by atoms with Gasteiger partial charge < -0.3 is 10.1 Å². The number of amides is 3. The summed E-state index contributed by atoms with van der Waals surface area (Å²) < 4.78 is 5.56. The molecule has 0 heterocycles. The van der Waals surface area contributed by atoms with Gasteiger partial charge in [-0.1, -0.05) is 28.9 Å². The van der Waals surface area contributed by atoms with E-state index < -0.39 is 24.5 Å². The summed E-state index contributed by atoms with van der Waals surface area (Å²) in [7, 11) is 0. The lowest BCUT2D eigenvalue weighted by atomic mass is 10.2. The predicted octanol–water partition coefficient (Wildman–Crippen LogP) is 2.23. The number of esters is 1. The molecule has 0 unspecified atom stereocenters. The van der Waals surface area contributed by atoms with E-state index in [1.807, 2.05) is 13.8 Å². The molecule has 0 saturated heterocycles. The Labute approximate surface area is 131 Å². The predicted molar refractivity (Wildman–Crippen MR) is 80.9 cm³/mol. The summed E-state index contributed by atoms with van der Waals surface area (Å²) in [6.07, 6.45) is 0.749. The molecule has 0 aromatic heterocycles. The lowest BCUT2D eigenvalue weighted by Gasteiger charge is -2.11. The second-order valence-electron chi connectivity index (χ2n) is 4.42. The molecular formula is C14H17BrN2O4. The van der Waals surface area contributed by atoms with Crippen LogP contribution in [0, 0.1) is 0 Å². The summed E-state index contributed by atoms with van der Waals surface area (Å²) >= 11 is 3.23. The van der Waals surface area contributed by atoms with Crippen molar-refractivity contribution in [1.82, 2.24) is 10.6 Å². The Hall–Kier alpha value is -1.89. The minimum Gasteiger partial charge on any atom is -0.452 e. The number of halogens is 1. The number of rotatable bonds is 5. The Balaban J connectivity index is 2.39. The number of urea groups is 1. The first-order valence-corrected chi connectivity index (χ1v) is 7.24. The molecule has 1 rings (SSSR count). The van der Waals surface area contributed by atoms with Crippen LogP contribution in [0.25, 0.3) is 0 Å². The average Bonchev–Trinajstić information content (AvgIpc) is 2.44. The zero-order chi connectivity index (χ0) is 15.8. The highest BCUT2D eigenvalue weighted by Gasteiger charge is 2.13. The van der Waals surface area contributed by atoms with E-state index in [0.29, 0.717) is 5.56 Å². The van der Waals surface area contributed by atoms with Crippen molar-refractivity contribution in [3.63, 3.8) is 0 Å². The van der Waals surface area contributed by atoms with Crippen molar-refractivity contribution >= 4 is 33.8 Å². The number of hydrogen-bond donors (Lipinski definition) is 2. The molecular weight excluding hydrogens is 340 g/mol. The van der Waals surface area contributed by atoms with E-state index in [2.05, 4.69) is 26.6 Å². The molecule has 114 valence electrons. The van der Waals surface area contributed by atoms with E-state index in [-0.39, 0.29) is 6.04 Å². The molecule has 0 aliphatic rings. The zero-order valence-corrected chi connectivity index (χ0v) is 13.4. The van der Waals surface area contributed by atoms with Gasteiger partial charge in [-0.3, -0.25) is 10.1 Å². The Morgan fingerprint density at radius 3 is 2.67 bits per heavy atom. The van der Waals surface area contributed by atoms with Crippen LogP contribution in [-0.4, -0.2) is 30.6 Å². The highest BCUT2D eigenvalue weighted by molar-refractivity contribution is 9.10. The minimum absolute atomic E-state index is 0.0398. The maximum Gasteiger partial charge on any atom is 0.338 e. The van der Waals surface area contributed by atoms with Gasteiger partial charge in [-0.15, -0.1) is 0 Å². The molecule has 1 aromatic rings. The van der Waals surface area contributed by atoms with E-state index in [0.717, 1.165) is 10.9 Å². The summed E-state index contributed by atoms with van der Waals surface area (Å²) in [4.78, 5) is 34.5. The molecule has 0 fully saturated rings. The van der Waals surface area contributed by atoms with Gasteiger partial charge in [0.1, 0.15) is 0 Å². The fourth-order valence-electron chi connectivity index (χ4n) is 1.35. The van der Waals surface area contributed by atoms with Crippen LogP contribution in [0.1, 0.15) is 30.6 Å². The van der Waals surface area contributed by atoms with Gasteiger partial charge in [-0.05, 0) is 31.5 Å². The maximum atomic E-state index is 11.7. The molecule has 3 amide bonds. The standard InChI is InChI=1S/C14H17BrN2O4/c1-3-9(2)16-14(20)17-12(18)8-21-13(19)10-5-4-6-11(15)7-10/h4-7,9H,3,8H2,1-2H3,(H2,16,17,18,20)/t9-/m1/s1. The largest absolute Gasteiger partial charge is 0.452 e. The number of nitrogens with one attached hydrogen (secondary N) is 2. The average molecular weight is 357 g/mol. The van der Waals surface area contributed by atoms with Crippen LogP contribution in [0.3, 0.4) is 0 Å². The monoisotopic (exact) mass is 356 g/mol. The minimum atomic E-state index is -0.681. The van der Waals surface area contributed by atoms with E-state index in [1.54, 1.807) is 24.3 Å². The van der Waals surface area contributed by atoms with E-state index >= 15 is 0 Å². The van der Waals surface area contributed by atoms with Crippen LogP contribution in [0.2, 0.25) is 0 Å². The lowest BCUT2D eigenvalue weighted by Crippen LogP contribution is -2.44. The van der Waals surface area contributed by atoms with Crippen LogP contribution in [0.15, 0.2) is 28.7 Å². The van der Waals surface area contributed by atoms with Crippen LogP contribution in [-0.2, 0) is 9.53 Å². The van der Waals surface area contributed by atoms with Gasteiger partial charge in [0.05, 0.1) is 5.56 Å². The summed E-state index contributed by atoms with van der Waals surface area (Å²) in [5.74, 6) is -1.31. The van der Waals surface area contributed by atoms with Crippen LogP contribution < -0.4 is 10.6 Å². The van der Waals surface area contributed by atoms with Crippen LogP contribution in [0.5, 0.6) is 0 Å². The van der Waals surface area contributed by atoms with E-state index in [4.69, 9.17) is 4.74 Å². The van der Waals surface area contributed by atoms with Gasteiger partial charge in [0.2, 0.25) is 0 Å². The van der Waals surface area contributed by atoms with Crippen molar-refractivity contribution in [1.29, 1.82) is 0 Å². The highest BCUT2D eigenvalue weighted by Crippen LogP contribution is 2.12. The van der Waals surface area contributed by atoms with E-state index in [1.165, 1.54) is 0 Å². The van der Waals surface area contributed by atoms with Crippen molar-refractivity contribution in [3.8, 4) is 0 Å². The highest BCUT2D eigenvalue weighted by atomic mass is 79.9. The second-order valence-corrected chi connectivity index (χ2v) is 5.33. The van der Waals surface area contributed by atoms with Gasteiger partial charge in [-0.2, -0.15) is 0 Å². The van der Waals surface area contributed by atoms with Gasteiger partial charge in [0.25, 0.3) is 5.91 Å². The number of carbonyl (C=O) groups is 3. The third-order valence-electron chi connectivity index (χ3n) is 2.64.